The third-order valence-corrected chi connectivity index (χ3v) is 6.82. The van der Waals surface area contributed by atoms with Crippen molar-refractivity contribution in [1.82, 2.24) is 9.88 Å². The van der Waals surface area contributed by atoms with Crippen molar-refractivity contribution in [1.29, 1.82) is 0 Å². The van der Waals surface area contributed by atoms with Gasteiger partial charge in [-0.1, -0.05) is 24.3 Å². The molecular formula is C29H37N5O4. The monoisotopic (exact) mass is 519 g/mol. The first-order valence-electron chi connectivity index (χ1n) is 12.8. The molecule has 2 heterocycles. The number of urea groups is 1. The molecule has 1 aliphatic heterocycles. The van der Waals surface area contributed by atoms with E-state index in [2.05, 4.69) is 25.4 Å². The lowest BCUT2D eigenvalue weighted by atomic mass is 10.1. The number of amides is 2. The van der Waals surface area contributed by atoms with E-state index < -0.39 is 0 Å². The van der Waals surface area contributed by atoms with Crippen molar-refractivity contribution in [2.45, 2.75) is 26.8 Å². The predicted octanol–water partition coefficient (Wildman–Crippen LogP) is 5.08. The molecule has 1 aliphatic rings. The maximum atomic E-state index is 12.5. The second-order valence-corrected chi connectivity index (χ2v) is 9.36. The van der Waals surface area contributed by atoms with Gasteiger partial charge in [0, 0.05) is 44.0 Å². The van der Waals surface area contributed by atoms with Gasteiger partial charge >= 0.3 is 6.03 Å². The molecule has 1 aromatic heterocycles. The summed E-state index contributed by atoms with van der Waals surface area (Å²) in [4.78, 5) is 21.9. The Morgan fingerprint density at radius 1 is 0.868 bits per heavy atom. The Kier molecular flexibility index (Phi) is 8.91. The third-order valence-electron chi connectivity index (χ3n) is 6.82. The zero-order chi connectivity index (χ0) is 27.1. The number of carbonyl (C=O) groups excluding carboxylic acids is 1. The van der Waals surface area contributed by atoms with Gasteiger partial charge < -0.3 is 29.7 Å². The van der Waals surface area contributed by atoms with Gasteiger partial charge in [0.1, 0.15) is 5.82 Å². The van der Waals surface area contributed by atoms with Crippen molar-refractivity contribution in [2.24, 2.45) is 0 Å². The molecule has 202 valence electrons. The predicted molar refractivity (Wildman–Crippen MR) is 151 cm³/mol. The number of carbonyl (C=O) groups is 1. The Bertz CT molecular complexity index is 1230. The maximum Gasteiger partial charge on any atom is 0.323 e. The lowest BCUT2D eigenvalue weighted by Crippen LogP contribution is -2.31. The Labute approximate surface area is 224 Å². The van der Waals surface area contributed by atoms with Crippen molar-refractivity contribution in [2.75, 3.05) is 63.0 Å². The molecule has 3 aromatic rings. The fourth-order valence-corrected chi connectivity index (χ4v) is 4.82. The molecule has 4 rings (SSSR count). The number of hydrogen-bond acceptors (Lipinski definition) is 7. The lowest BCUT2D eigenvalue weighted by molar-refractivity contribution is 0.262. The van der Waals surface area contributed by atoms with E-state index in [1.165, 1.54) is 0 Å². The van der Waals surface area contributed by atoms with E-state index in [1.807, 2.05) is 56.3 Å². The van der Waals surface area contributed by atoms with Crippen molar-refractivity contribution in [3.05, 3.63) is 65.4 Å². The summed E-state index contributed by atoms with van der Waals surface area (Å²) in [6, 6.07) is 13.5. The van der Waals surface area contributed by atoms with Crippen LogP contribution in [0.2, 0.25) is 0 Å². The first kappa shape index (κ1) is 27.1. The van der Waals surface area contributed by atoms with Gasteiger partial charge in [-0.05, 0) is 49.6 Å². The van der Waals surface area contributed by atoms with Crippen LogP contribution in [-0.4, -0.2) is 63.4 Å². The zero-order valence-corrected chi connectivity index (χ0v) is 22.8. The van der Waals surface area contributed by atoms with Crippen LogP contribution in [0.1, 0.15) is 23.1 Å². The summed E-state index contributed by atoms with van der Waals surface area (Å²) in [5.41, 5.74) is 4.58. The highest BCUT2D eigenvalue weighted by atomic mass is 16.5. The minimum Gasteiger partial charge on any atom is -0.493 e. The van der Waals surface area contributed by atoms with Gasteiger partial charge in [-0.2, -0.15) is 0 Å². The Balaban J connectivity index is 1.35. The number of pyridine rings is 1. The number of para-hydroxylation sites is 1. The number of anilines is 3. The molecule has 2 aromatic carbocycles. The summed E-state index contributed by atoms with van der Waals surface area (Å²) < 4.78 is 16.6. The lowest BCUT2D eigenvalue weighted by Gasteiger charge is -2.24. The molecule has 0 saturated carbocycles. The number of aromatic nitrogens is 1. The van der Waals surface area contributed by atoms with Crippen LogP contribution < -0.4 is 29.7 Å². The van der Waals surface area contributed by atoms with Gasteiger partial charge in [-0.25, -0.2) is 9.78 Å². The number of hydrogen-bond donors (Lipinski definition) is 2. The molecule has 0 bridgehead atoms. The Morgan fingerprint density at radius 2 is 1.63 bits per heavy atom. The summed E-state index contributed by atoms with van der Waals surface area (Å²) in [6.07, 6.45) is 2.71. The Morgan fingerprint density at radius 3 is 2.29 bits per heavy atom. The van der Waals surface area contributed by atoms with E-state index in [0.717, 1.165) is 67.3 Å². The molecular weight excluding hydrogens is 482 g/mol. The first-order chi connectivity index (χ1) is 18.4. The van der Waals surface area contributed by atoms with E-state index in [1.54, 1.807) is 27.5 Å². The standard InChI is InChI=1S/C29H37N5O4/c1-20-8-6-9-21(2)26(20)32-29(35)31-23-11-13-25(30-18-23)34-15-7-14-33(16-17-34)19-22-10-12-24(36-3)28(38-5)27(22)37-4/h6,8-13,18H,7,14-17,19H2,1-5H3,(H2,31,32,35). The fraction of sp³-hybridized carbons (Fsp3) is 0.379. The van der Waals surface area contributed by atoms with Crippen LogP contribution in [0.4, 0.5) is 22.0 Å². The molecule has 38 heavy (non-hydrogen) atoms. The second-order valence-electron chi connectivity index (χ2n) is 9.36. The summed E-state index contributed by atoms with van der Waals surface area (Å²) in [7, 11) is 4.90. The van der Waals surface area contributed by atoms with Gasteiger partial charge in [0.2, 0.25) is 5.75 Å². The first-order valence-corrected chi connectivity index (χ1v) is 12.8. The van der Waals surface area contributed by atoms with Crippen LogP contribution in [0.15, 0.2) is 48.7 Å². The van der Waals surface area contributed by atoms with Gasteiger partial charge in [0.15, 0.2) is 11.5 Å². The number of nitrogens with one attached hydrogen (secondary N) is 2. The number of benzene rings is 2. The summed E-state index contributed by atoms with van der Waals surface area (Å²) in [5.74, 6) is 2.88. The molecule has 0 radical (unpaired) electrons. The number of nitrogens with zero attached hydrogens (tertiary/aromatic N) is 3. The number of rotatable bonds is 8. The summed E-state index contributed by atoms with van der Waals surface area (Å²) in [5, 5.41) is 5.82. The molecule has 2 N–H and O–H groups in total. The van der Waals surface area contributed by atoms with Crippen molar-refractivity contribution >= 4 is 23.2 Å². The van der Waals surface area contributed by atoms with Gasteiger partial charge in [-0.3, -0.25) is 4.90 Å². The normalized spacial score (nSPS) is 14.0. The quantitative estimate of drug-likeness (QED) is 0.429. The van der Waals surface area contributed by atoms with Crippen molar-refractivity contribution < 1.29 is 19.0 Å². The summed E-state index contributed by atoms with van der Waals surface area (Å²) in [6.45, 7) is 8.32. The molecule has 2 amide bonds. The third kappa shape index (κ3) is 6.28. The molecule has 0 aliphatic carbocycles. The van der Waals surface area contributed by atoms with Crippen LogP contribution in [-0.2, 0) is 6.54 Å². The molecule has 0 spiro atoms. The van der Waals surface area contributed by atoms with E-state index >= 15 is 0 Å². The van der Waals surface area contributed by atoms with Gasteiger partial charge in [0.25, 0.3) is 0 Å². The van der Waals surface area contributed by atoms with Crippen LogP contribution >= 0.6 is 0 Å². The second kappa shape index (κ2) is 12.5. The molecule has 9 heteroatoms. The van der Waals surface area contributed by atoms with E-state index in [-0.39, 0.29) is 6.03 Å². The SMILES string of the molecule is COc1ccc(CN2CCCN(c3ccc(NC(=O)Nc4c(C)cccc4C)cn3)CC2)c(OC)c1OC. The number of methoxy groups -OCH3 is 3. The molecule has 9 nitrogen and oxygen atoms in total. The highest BCUT2D eigenvalue weighted by molar-refractivity contribution is 6.00. The highest BCUT2D eigenvalue weighted by Crippen LogP contribution is 2.40. The van der Waals surface area contributed by atoms with E-state index in [0.29, 0.717) is 22.9 Å². The topological polar surface area (TPSA) is 88.2 Å². The maximum absolute atomic E-state index is 12.5. The highest BCUT2D eigenvalue weighted by Gasteiger charge is 2.21. The number of aryl methyl sites for hydroxylation is 2. The minimum atomic E-state index is -0.284. The van der Waals surface area contributed by atoms with Gasteiger partial charge in [-0.15, -0.1) is 0 Å². The molecule has 0 atom stereocenters. The molecule has 0 unspecified atom stereocenters. The van der Waals surface area contributed by atoms with E-state index in [9.17, 15) is 4.79 Å². The molecule has 1 fully saturated rings. The van der Waals surface area contributed by atoms with Crippen LogP contribution in [0.25, 0.3) is 0 Å². The van der Waals surface area contributed by atoms with E-state index in [4.69, 9.17) is 14.2 Å². The number of ether oxygens (including phenoxy) is 3. The van der Waals surface area contributed by atoms with Crippen LogP contribution in [0, 0.1) is 13.8 Å². The fourth-order valence-electron chi connectivity index (χ4n) is 4.82. The zero-order valence-electron chi connectivity index (χ0n) is 22.8. The largest absolute Gasteiger partial charge is 0.493 e. The van der Waals surface area contributed by atoms with Crippen molar-refractivity contribution in [3.63, 3.8) is 0 Å². The summed E-state index contributed by atoms with van der Waals surface area (Å²) >= 11 is 0. The average molecular weight is 520 g/mol. The van der Waals surface area contributed by atoms with Crippen LogP contribution in [0.5, 0.6) is 17.2 Å². The smallest absolute Gasteiger partial charge is 0.323 e. The average Bonchev–Trinajstić information content (AvgIpc) is 3.16. The molecule has 1 saturated heterocycles. The van der Waals surface area contributed by atoms with Crippen molar-refractivity contribution in [3.8, 4) is 17.2 Å². The Hall–Kier alpha value is -3.98. The van der Waals surface area contributed by atoms with Crippen LogP contribution in [0.3, 0.4) is 0 Å². The minimum absolute atomic E-state index is 0.284. The van der Waals surface area contributed by atoms with Gasteiger partial charge in [0.05, 0.1) is 33.2 Å².